The van der Waals surface area contributed by atoms with Gasteiger partial charge in [0.1, 0.15) is 5.69 Å². The fourth-order valence-electron chi connectivity index (χ4n) is 3.14. The quantitative estimate of drug-likeness (QED) is 0.534. The number of esters is 1. The first-order valence-corrected chi connectivity index (χ1v) is 9.37. The molecule has 1 N–H and O–H groups in total. The summed E-state index contributed by atoms with van der Waals surface area (Å²) < 4.78 is 43.1. The predicted octanol–water partition coefficient (Wildman–Crippen LogP) is 4.17. The highest BCUT2D eigenvalue weighted by atomic mass is 19.4. The van der Waals surface area contributed by atoms with E-state index < -0.39 is 23.6 Å². The second-order valence-corrected chi connectivity index (χ2v) is 6.66. The minimum atomic E-state index is -4.50. The maximum absolute atomic E-state index is 12.9. The van der Waals surface area contributed by atoms with E-state index in [0.29, 0.717) is 11.3 Å². The summed E-state index contributed by atoms with van der Waals surface area (Å²) in [7, 11) is 0. The Kier molecular flexibility index (Phi) is 7.07. The lowest BCUT2D eigenvalue weighted by molar-refractivity contribution is -0.137. The zero-order valence-corrected chi connectivity index (χ0v) is 17.1. The van der Waals surface area contributed by atoms with Crippen molar-refractivity contribution in [1.82, 2.24) is 9.88 Å². The van der Waals surface area contributed by atoms with Gasteiger partial charge in [-0.3, -0.25) is 9.59 Å². The fraction of sp³-hybridized carbons (Fsp3) is 0.381. The van der Waals surface area contributed by atoms with Crippen molar-refractivity contribution in [2.24, 2.45) is 0 Å². The number of carbonyl (C=O) groups is 3. The fourth-order valence-corrected chi connectivity index (χ4v) is 3.14. The molecule has 0 aliphatic rings. The molecule has 0 fully saturated rings. The molecule has 0 saturated heterocycles. The summed E-state index contributed by atoms with van der Waals surface area (Å²) in [6.07, 6.45) is -4.50. The van der Waals surface area contributed by atoms with Gasteiger partial charge in [-0.05, 0) is 57.5 Å². The molecule has 1 amide bonds. The lowest BCUT2D eigenvalue weighted by Gasteiger charge is -2.20. The highest BCUT2D eigenvalue weighted by Gasteiger charge is 2.31. The van der Waals surface area contributed by atoms with E-state index in [1.165, 1.54) is 4.90 Å². The van der Waals surface area contributed by atoms with Crippen LogP contribution in [-0.2, 0) is 10.9 Å². The molecular formula is C21H23F3N2O4. The number of H-pyrrole nitrogens is 1. The van der Waals surface area contributed by atoms with Crippen LogP contribution >= 0.6 is 0 Å². The molecule has 0 atom stereocenters. The highest BCUT2D eigenvalue weighted by molar-refractivity contribution is 6.05. The topological polar surface area (TPSA) is 79.5 Å². The number of Topliss-reactive ketones (excluding diaryl/α,β-unsaturated/α-hetero) is 1. The third kappa shape index (κ3) is 4.90. The van der Waals surface area contributed by atoms with E-state index in [-0.39, 0.29) is 42.3 Å². The zero-order chi connectivity index (χ0) is 22.6. The molecule has 1 aromatic heterocycles. The number of nitrogens with zero attached hydrogens (tertiary/aromatic N) is 1. The average Bonchev–Trinajstić information content (AvgIpc) is 2.99. The van der Waals surface area contributed by atoms with E-state index in [1.807, 2.05) is 0 Å². The minimum Gasteiger partial charge on any atom is -0.461 e. The molecule has 0 unspecified atom stereocenters. The van der Waals surface area contributed by atoms with E-state index in [4.69, 9.17) is 4.74 Å². The van der Waals surface area contributed by atoms with Crippen LogP contribution in [0.25, 0.3) is 0 Å². The lowest BCUT2D eigenvalue weighted by Crippen LogP contribution is -2.35. The number of alkyl halides is 3. The molecule has 2 aromatic rings. The molecule has 30 heavy (non-hydrogen) atoms. The zero-order valence-electron chi connectivity index (χ0n) is 17.1. The number of aryl methyl sites for hydroxylation is 1. The van der Waals surface area contributed by atoms with Crippen LogP contribution in [0.2, 0.25) is 0 Å². The van der Waals surface area contributed by atoms with Gasteiger partial charge in [-0.25, -0.2) is 4.79 Å². The summed E-state index contributed by atoms with van der Waals surface area (Å²) in [4.78, 5) is 41.6. The van der Waals surface area contributed by atoms with Gasteiger partial charge >= 0.3 is 12.1 Å². The summed E-state index contributed by atoms with van der Waals surface area (Å²) in [6.45, 7) is 6.66. The number of halogens is 3. The van der Waals surface area contributed by atoms with Crippen LogP contribution in [0.4, 0.5) is 13.2 Å². The van der Waals surface area contributed by atoms with Crippen molar-refractivity contribution in [2.75, 3.05) is 19.7 Å². The second kappa shape index (κ2) is 9.15. The summed E-state index contributed by atoms with van der Waals surface area (Å²) in [5, 5.41) is 0. The average molecular weight is 424 g/mol. The molecule has 0 saturated carbocycles. The Balaban J connectivity index is 2.22. The van der Waals surface area contributed by atoms with Gasteiger partial charge in [0, 0.05) is 23.4 Å². The molecule has 0 aliphatic heterocycles. The SMILES string of the molecule is CCOC(=O)c1[nH]c(C)c(C(=O)CN(CC)C(=O)c2ccc(C(F)(F)F)cc2)c1C. The highest BCUT2D eigenvalue weighted by Crippen LogP contribution is 2.29. The molecule has 0 bridgehead atoms. The Morgan fingerprint density at radius 1 is 1.07 bits per heavy atom. The summed E-state index contributed by atoms with van der Waals surface area (Å²) in [5.74, 6) is -1.53. The maximum atomic E-state index is 12.9. The number of ketones is 1. The Hall–Kier alpha value is -3.10. The molecule has 9 heteroatoms. The molecule has 0 radical (unpaired) electrons. The van der Waals surface area contributed by atoms with Crippen molar-refractivity contribution in [1.29, 1.82) is 0 Å². The summed E-state index contributed by atoms with van der Waals surface area (Å²) in [6, 6.07) is 3.83. The van der Waals surface area contributed by atoms with Gasteiger partial charge in [0.25, 0.3) is 5.91 Å². The summed E-state index contributed by atoms with van der Waals surface area (Å²) in [5.41, 5.74) is 0.551. The van der Waals surface area contributed by atoms with Gasteiger partial charge in [-0.1, -0.05) is 0 Å². The van der Waals surface area contributed by atoms with Gasteiger partial charge < -0.3 is 14.6 Å². The number of ether oxygens (including phenoxy) is 1. The molecule has 1 heterocycles. The molecule has 2 rings (SSSR count). The first kappa shape index (κ1) is 23.2. The molecule has 0 aliphatic carbocycles. The van der Waals surface area contributed by atoms with Crippen LogP contribution < -0.4 is 0 Å². The van der Waals surface area contributed by atoms with Crippen LogP contribution in [-0.4, -0.2) is 47.2 Å². The van der Waals surface area contributed by atoms with Crippen LogP contribution in [0, 0.1) is 13.8 Å². The van der Waals surface area contributed by atoms with Gasteiger partial charge in [0.15, 0.2) is 5.78 Å². The molecule has 162 valence electrons. The third-order valence-corrected chi connectivity index (χ3v) is 4.66. The standard InChI is InChI=1S/C21H23F3N2O4/c1-5-26(19(28)14-7-9-15(10-8-14)21(22,23)24)11-16(27)17-12(3)18(25-13(17)4)20(29)30-6-2/h7-10,25H,5-6,11H2,1-4H3. The first-order chi connectivity index (χ1) is 14.0. The van der Waals surface area contributed by atoms with Crippen LogP contribution in [0.1, 0.15) is 61.9 Å². The maximum Gasteiger partial charge on any atom is 0.416 e. The van der Waals surface area contributed by atoms with Crippen molar-refractivity contribution in [3.63, 3.8) is 0 Å². The van der Waals surface area contributed by atoms with Crippen LogP contribution in [0.15, 0.2) is 24.3 Å². The normalized spacial score (nSPS) is 11.3. The van der Waals surface area contributed by atoms with E-state index >= 15 is 0 Å². The number of aromatic nitrogens is 1. The molecule has 1 aromatic carbocycles. The number of aromatic amines is 1. The lowest BCUT2D eigenvalue weighted by atomic mass is 10.0. The Labute approximate surface area is 172 Å². The van der Waals surface area contributed by atoms with Crippen molar-refractivity contribution >= 4 is 17.7 Å². The van der Waals surface area contributed by atoms with Gasteiger partial charge in [-0.2, -0.15) is 13.2 Å². The summed E-state index contributed by atoms with van der Waals surface area (Å²) >= 11 is 0. The van der Waals surface area contributed by atoms with Crippen LogP contribution in [0.3, 0.4) is 0 Å². The number of benzene rings is 1. The van der Waals surface area contributed by atoms with Crippen molar-refractivity contribution in [3.8, 4) is 0 Å². The largest absolute Gasteiger partial charge is 0.461 e. The van der Waals surface area contributed by atoms with E-state index in [2.05, 4.69) is 4.98 Å². The Morgan fingerprint density at radius 2 is 1.67 bits per heavy atom. The molecular weight excluding hydrogens is 401 g/mol. The molecule has 0 spiro atoms. The van der Waals surface area contributed by atoms with E-state index in [9.17, 15) is 27.6 Å². The monoisotopic (exact) mass is 424 g/mol. The second-order valence-electron chi connectivity index (χ2n) is 6.66. The van der Waals surface area contributed by atoms with Crippen molar-refractivity contribution in [2.45, 2.75) is 33.9 Å². The van der Waals surface area contributed by atoms with Gasteiger partial charge in [0.2, 0.25) is 0 Å². The Bertz CT molecular complexity index is 946. The molecule has 6 nitrogen and oxygen atoms in total. The first-order valence-electron chi connectivity index (χ1n) is 9.37. The smallest absolute Gasteiger partial charge is 0.416 e. The van der Waals surface area contributed by atoms with E-state index in [1.54, 1.807) is 27.7 Å². The number of hydrogen-bond donors (Lipinski definition) is 1. The number of nitrogens with one attached hydrogen (secondary N) is 1. The van der Waals surface area contributed by atoms with E-state index in [0.717, 1.165) is 24.3 Å². The van der Waals surface area contributed by atoms with Crippen molar-refractivity contribution in [3.05, 3.63) is 57.9 Å². The number of amides is 1. The number of likely N-dealkylation sites (N-methyl/N-ethyl adjacent to an activating group) is 1. The number of rotatable bonds is 7. The number of carbonyl (C=O) groups excluding carboxylic acids is 3. The third-order valence-electron chi connectivity index (χ3n) is 4.66. The van der Waals surface area contributed by atoms with Gasteiger partial charge in [0.05, 0.1) is 18.7 Å². The Morgan fingerprint density at radius 3 is 2.17 bits per heavy atom. The predicted molar refractivity (Wildman–Crippen MR) is 104 cm³/mol. The number of hydrogen-bond acceptors (Lipinski definition) is 4. The van der Waals surface area contributed by atoms with Crippen LogP contribution in [0.5, 0.6) is 0 Å². The van der Waals surface area contributed by atoms with Gasteiger partial charge in [-0.15, -0.1) is 0 Å². The van der Waals surface area contributed by atoms with Crippen molar-refractivity contribution < 1.29 is 32.3 Å². The minimum absolute atomic E-state index is 0.0485.